The summed E-state index contributed by atoms with van der Waals surface area (Å²) in [5.41, 5.74) is 7.04. The van der Waals surface area contributed by atoms with Crippen molar-refractivity contribution in [1.29, 1.82) is 0 Å². The monoisotopic (exact) mass is 361 g/mol. The lowest BCUT2D eigenvalue weighted by Gasteiger charge is -2.36. The Labute approximate surface area is 156 Å². The molecule has 2 unspecified atom stereocenters. The number of amides is 1. The van der Waals surface area contributed by atoms with Crippen molar-refractivity contribution in [3.8, 4) is 11.5 Å². The van der Waals surface area contributed by atoms with Gasteiger partial charge in [-0.1, -0.05) is 6.42 Å². The molecule has 3 N–H and O–H groups in total. The van der Waals surface area contributed by atoms with Crippen molar-refractivity contribution in [3.05, 3.63) is 18.2 Å². The summed E-state index contributed by atoms with van der Waals surface area (Å²) in [5.74, 6) is 1.98. The Balaban J connectivity index is 1.53. The van der Waals surface area contributed by atoms with Gasteiger partial charge in [-0.3, -0.25) is 4.79 Å². The van der Waals surface area contributed by atoms with Crippen LogP contribution in [0, 0.1) is 5.92 Å². The third kappa shape index (κ3) is 4.61. The molecule has 1 heterocycles. The molecule has 0 bridgehead atoms. The van der Waals surface area contributed by atoms with Crippen molar-refractivity contribution in [1.82, 2.24) is 4.90 Å². The molecule has 2 fully saturated rings. The molecule has 1 aromatic rings. The van der Waals surface area contributed by atoms with E-state index in [2.05, 4.69) is 5.32 Å². The molecule has 1 saturated heterocycles. The first kappa shape index (κ1) is 18.8. The van der Waals surface area contributed by atoms with Crippen molar-refractivity contribution in [3.63, 3.8) is 0 Å². The molecule has 6 nitrogen and oxygen atoms in total. The van der Waals surface area contributed by atoms with Crippen LogP contribution in [0.3, 0.4) is 0 Å². The lowest BCUT2D eigenvalue weighted by atomic mass is 9.85. The van der Waals surface area contributed by atoms with E-state index in [1.807, 2.05) is 23.1 Å². The Morgan fingerprint density at radius 3 is 2.31 bits per heavy atom. The third-order valence-electron chi connectivity index (χ3n) is 5.59. The SMILES string of the molecule is COc1cc(NC2CCN(C(=O)C3CCCC(N)C3)CC2)cc(OC)c1. The summed E-state index contributed by atoms with van der Waals surface area (Å²) >= 11 is 0. The van der Waals surface area contributed by atoms with Gasteiger partial charge in [0, 0.05) is 55.0 Å². The summed E-state index contributed by atoms with van der Waals surface area (Å²) in [6, 6.07) is 6.36. The van der Waals surface area contributed by atoms with E-state index in [9.17, 15) is 4.79 Å². The number of carbonyl (C=O) groups excluding carboxylic acids is 1. The fraction of sp³-hybridized carbons (Fsp3) is 0.650. The van der Waals surface area contributed by atoms with Gasteiger partial charge in [-0.15, -0.1) is 0 Å². The average molecular weight is 361 g/mol. The van der Waals surface area contributed by atoms with Gasteiger partial charge >= 0.3 is 0 Å². The van der Waals surface area contributed by atoms with Crippen LogP contribution in [0.5, 0.6) is 11.5 Å². The summed E-state index contributed by atoms with van der Waals surface area (Å²) in [5, 5.41) is 3.56. The molecule has 6 heteroatoms. The van der Waals surface area contributed by atoms with Gasteiger partial charge in [0.2, 0.25) is 5.91 Å². The Hall–Kier alpha value is -1.95. The van der Waals surface area contributed by atoms with E-state index in [4.69, 9.17) is 15.2 Å². The first-order valence-electron chi connectivity index (χ1n) is 9.63. The van der Waals surface area contributed by atoms with Crippen LogP contribution in [0.15, 0.2) is 18.2 Å². The molecule has 0 radical (unpaired) electrons. The van der Waals surface area contributed by atoms with Crippen LogP contribution in [0.4, 0.5) is 5.69 Å². The predicted octanol–water partition coefficient (Wildman–Crippen LogP) is 2.62. The Morgan fingerprint density at radius 2 is 1.73 bits per heavy atom. The van der Waals surface area contributed by atoms with E-state index in [0.717, 1.165) is 68.8 Å². The zero-order chi connectivity index (χ0) is 18.5. The van der Waals surface area contributed by atoms with E-state index in [0.29, 0.717) is 11.9 Å². The fourth-order valence-electron chi connectivity index (χ4n) is 4.08. The zero-order valence-corrected chi connectivity index (χ0v) is 15.9. The van der Waals surface area contributed by atoms with E-state index < -0.39 is 0 Å². The molecule has 1 aromatic carbocycles. The number of nitrogens with two attached hydrogens (primary N) is 1. The van der Waals surface area contributed by atoms with Crippen LogP contribution in [0.2, 0.25) is 0 Å². The summed E-state index contributed by atoms with van der Waals surface area (Å²) in [4.78, 5) is 14.8. The molecule has 2 atom stereocenters. The Bertz CT molecular complexity index is 592. The minimum Gasteiger partial charge on any atom is -0.497 e. The second kappa shape index (κ2) is 8.62. The maximum Gasteiger partial charge on any atom is 0.225 e. The van der Waals surface area contributed by atoms with Crippen LogP contribution >= 0.6 is 0 Å². The van der Waals surface area contributed by atoms with Gasteiger partial charge in [0.05, 0.1) is 14.2 Å². The van der Waals surface area contributed by atoms with Crippen molar-refractivity contribution in [2.45, 2.75) is 50.6 Å². The number of likely N-dealkylation sites (tertiary alicyclic amines) is 1. The van der Waals surface area contributed by atoms with Gasteiger partial charge in [-0.25, -0.2) is 0 Å². The number of piperidine rings is 1. The topological polar surface area (TPSA) is 76.8 Å². The normalized spacial score (nSPS) is 24.2. The highest BCUT2D eigenvalue weighted by Gasteiger charge is 2.31. The zero-order valence-electron chi connectivity index (χ0n) is 15.9. The highest BCUT2D eigenvalue weighted by atomic mass is 16.5. The number of carbonyl (C=O) groups is 1. The summed E-state index contributed by atoms with van der Waals surface area (Å²) in [6.45, 7) is 1.62. The van der Waals surface area contributed by atoms with Crippen molar-refractivity contribution in [2.24, 2.45) is 11.7 Å². The smallest absolute Gasteiger partial charge is 0.225 e. The molecule has 26 heavy (non-hydrogen) atoms. The average Bonchev–Trinajstić information content (AvgIpc) is 2.67. The molecule has 0 aromatic heterocycles. The molecule has 2 aliphatic rings. The third-order valence-corrected chi connectivity index (χ3v) is 5.59. The van der Waals surface area contributed by atoms with Gasteiger partial charge in [0.15, 0.2) is 0 Å². The maximum absolute atomic E-state index is 12.7. The molecule has 1 saturated carbocycles. The second-order valence-corrected chi connectivity index (χ2v) is 7.47. The van der Waals surface area contributed by atoms with Crippen LogP contribution in [-0.2, 0) is 4.79 Å². The summed E-state index contributed by atoms with van der Waals surface area (Å²) < 4.78 is 10.7. The summed E-state index contributed by atoms with van der Waals surface area (Å²) in [6.07, 6.45) is 5.87. The number of ether oxygens (including phenoxy) is 2. The first-order valence-corrected chi connectivity index (χ1v) is 9.63. The molecule has 1 aliphatic carbocycles. The fourth-order valence-corrected chi connectivity index (χ4v) is 4.08. The molecular weight excluding hydrogens is 330 g/mol. The van der Waals surface area contributed by atoms with Crippen LogP contribution < -0.4 is 20.5 Å². The highest BCUT2D eigenvalue weighted by molar-refractivity contribution is 5.79. The number of nitrogens with zero attached hydrogens (tertiary/aromatic N) is 1. The number of hydrogen-bond acceptors (Lipinski definition) is 5. The number of methoxy groups -OCH3 is 2. The summed E-state index contributed by atoms with van der Waals surface area (Å²) in [7, 11) is 3.31. The van der Waals surface area contributed by atoms with E-state index in [-0.39, 0.29) is 12.0 Å². The minimum absolute atomic E-state index is 0.130. The predicted molar refractivity (Wildman–Crippen MR) is 103 cm³/mol. The van der Waals surface area contributed by atoms with E-state index in [1.54, 1.807) is 14.2 Å². The second-order valence-electron chi connectivity index (χ2n) is 7.47. The number of nitrogens with one attached hydrogen (secondary N) is 1. The van der Waals surface area contributed by atoms with Gasteiger partial charge in [-0.2, -0.15) is 0 Å². The van der Waals surface area contributed by atoms with Gasteiger partial charge in [0.1, 0.15) is 11.5 Å². The number of rotatable bonds is 5. The Kier molecular flexibility index (Phi) is 6.25. The molecule has 0 spiro atoms. The number of anilines is 1. The molecule has 144 valence electrons. The molecule has 3 rings (SSSR count). The van der Waals surface area contributed by atoms with E-state index in [1.165, 1.54) is 0 Å². The van der Waals surface area contributed by atoms with Crippen molar-refractivity contribution < 1.29 is 14.3 Å². The number of benzene rings is 1. The molecular formula is C20H31N3O3. The van der Waals surface area contributed by atoms with Crippen LogP contribution in [0.25, 0.3) is 0 Å². The van der Waals surface area contributed by atoms with E-state index >= 15 is 0 Å². The van der Waals surface area contributed by atoms with Gasteiger partial charge < -0.3 is 25.4 Å². The standard InChI is InChI=1S/C20H31N3O3/c1-25-18-11-17(12-19(13-18)26-2)22-16-6-8-23(9-7-16)20(24)14-4-3-5-15(21)10-14/h11-16,22H,3-10,21H2,1-2H3. The minimum atomic E-state index is 0.130. The lowest BCUT2D eigenvalue weighted by Crippen LogP contribution is -2.46. The lowest BCUT2D eigenvalue weighted by molar-refractivity contribution is -0.137. The van der Waals surface area contributed by atoms with Crippen molar-refractivity contribution >= 4 is 11.6 Å². The van der Waals surface area contributed by atoms with Gasteiger partial charge in [0.25, 0.3) is 0 Å². The van der Waals surface area contributed by atoms with Crippen molar-refractivity contribution in [2.75, 3.05) is 32.6 Å². The maximum atomic E-state index is 12.7. The Morgan fingerprint density at radius 1 is 1.08 bits per heavy atom. The van der Waals surface area contributed by atoms with Crippen LogP contribution in [0.1, 0.15) is 38.5 Å². The van der Waals surface area contributed by atoms with Crippen LogP contribution in [-0.4, -0.2) is 50.2 Å². The molecule has 1 aliphatic heterocycles. The quantitative estimate of drug-likeness (QED) is 0.843. The largest absolute Gasteiger partial charge is 0.497 e. The first-order chi connectivity index (χ1) is 12.6. The highest BCUT2D eigenvalue weighted by Crippen LogP contribution is 2.29. The van der Waals surface area contributed by atoms with Gasteiger partial charge in [-0.05, 0) is 32.1 Å². The number of hydrogen-bond donors (Lipinski definition) is 2. The molecule has 1 amide bonds.